The number of benzene rings is 1. The van der Waals surface area contributed by atoms with Gasteiger partial charge in [0.25, 0.3) is 0 Å². The fourth-order valence-electron chi connectivity index (χ4n) is 2.25. The average molecular weight is 291 g/mol. The second kappa shape index (κ2) is 7.52. The van der Waals surface area contributed by atoms with E-state index in [1.807, 2.05) is 31.2 Å². The summed E-state index contributed by atoms with van der Waals surface area (Å²) in [5, 5.41) is 3.12. The molecule has 2 amide bonds. The monoisotopic (exact) mass is 291 g/mol. The highest BCUT2D eigenvalue weighted by Crippen LogP contribution is 2.23. The molecule has 2 rings (SSSR count). The molecule has 0 radical (unpaired) electrons. The number of hydrogen-bond acceptors (Lipinski definition) is 4. The Morgan fingerprint density at radius 3 is 2.67 bits per heavy atom. The van der Waals surface area contributed by atoms with Gasteiger partial charge in [-0.1, -0.05) is 12.1 Å². The van der Waals surface area contributed by atoms with Gasteiger partial charge >= 0.3 is 0 Å². The van der Waals surface area contributed by atoms with Crippen LogP contribution in [0.2, 0.25) is 0 Å². The summed E-state index contributed by atoms with van der Waals surface area (Å²) in [6, 6.07) is 7.57. The molecule has 1 aliphatic heterocycles. The molecule has 21 heavy (non-hydrogen) atoms. The van der Waals surface area contributed by atoms with E-state index in [1.54, 1.807) is 9.80 Å². The number of amides is 2. The van der Waals surface area contributed by atoms with E-state index < -0.39 is 0 Å². The molecule has 1 aliphatic rings. The van der Waals surface area contributed by atoms with E-state index in [9.17, 15) is 9.59 Å². The minimum Gasteiger partial charge on any atom is -0.492 e. The van der Waals surface area contributed by atoms with E-state index in [0.29, 0.717) is 32.8 Å². The van der Waals surface area contributed by atoms with E-state index in [0.717, 1.165) is 17.8 Å². The summed E-state index contributed by atoms with van der Waals surface area (Å²) in [5.74, 6) is 0.783. The van der Waals surface area contributed by atoms with Crippen LogP contribution in [0.5, 0.6) is 5.75 Å². The highest BCUT2D eigenvalue weighted by molar-refractivity contribution is 5.81. The quantitative estimate of drug-likeness (QED) is 0.788. The number of nitrogens with one attached hydrogen (secondary N) is 1. The smallest absolute Gasteiger partial charge is 0.241 e. The fourth-order valence-corrected chi connectivity index (χ4v) is 2.25. The van der Waals surface area contributed by atoms with E-state index >= 15 is 0 Å². The van der Waals surface area contributed by atoms with Crippen molar-refractivity contribution < 1.29 is 14.3 Å². The van der Waals surface area contributed by atoms with E-state index in [1.165, 1.54) is 0 Å². The van der Waals surface area contributed by atoms with Crippen LogP contribution in [0.15, 0.2) is 24.3 Å². The van der Waals surface area contributed by atoms with Crippen LogP contribution in [0.1, 0.15) is 6.92 Å². The molecule has 1 saturated heterocycles. The Morgan fingerprint density at radius 1 is 1.29 bits per heavy atom. The summed E-state index contributed by atoms with van der Waals surface area (Å²) in [4.78, 5) is 26.2. The number of hydrogen-bond donors (Lipinski definition) is 1. The third kappa shape index (κ3) is 4.11. The van der Waals surface area contributed by atoms with E-state index in [2.05, 4.69) is 5.32 Å². The van der Waals surface area contributed by atoms with Gasteiger partial charge < -0.3 is 19.9 Å². The molecule has 6 heteroatoms. The normalized spacial score (nSPS) is 14.7. The molecular formula is C15H21N3O3. The van der Waals surface area contributed by atoms with Crippen LogP contribution in [-0.4, -0.2) is 61.4 Å². The lowest BCUT2D eigenvalue weighted by atomic mass is 10.3. The van der Waals surface area contributed by atoms with Gasteiger partial charge in [0.05, 0.1) is 18.8 Å². The largest absolute Gasteiger partial charge is 0.492 e. The first-order valence-electron chi connectivity index (χ1n) is 7.17. The number of carbonyl (C=O) groups excluding carboxylic acids is 2. The van der Waals surface area contributed by atoms with E-state index in [-0.39, 0.29) is 12.5 Å². The molecule has 0 unspecified atom stereocenters. The summed E-state index contributed by atoms with van der Waals surface area (Å²) in [5.41, 5.74) is 0.819. The number of ether oxygens (including phenoxy) is 1. The first kappa shape index (κ1) is 15.2. The molecule has 1 fully saturated rings. The summed E-state index contributed by atoms with van der Waals surface area (Å²) in [6.07, 6.45) is 0.832. The van der Waals surface area contributed by atoms with Gasteiger partial charge in [-0.25, -0.2) is 0 Å². The van der Waals surface area contributed by atoms with Crippen molar-refractivity contribution in [3.05, 3.63) is 24.3 Å². The van der Waals surface area contributed by atoms with Crippen molar-refractivity contribution in [2.24, 2.45) is 0 Å². The molecule has 0 aliphatic carbocycles. The lowest BCUT2D eigenvalue weighted by Gasteiger charge is -2.32. The van der Waals surface area contributed by atoms with Gasteiger partial charge in [0.2, 0.25) is 12.3 Å². The summed E-state index contributed by atoms with van der Waals surface area (Å²) in [7, 11) is 0. The fraction of sp³-hybridized carbons (Fsp3) is 0.467. The van der Waals surface area contributed by atoms with Crippen molar-refractivity contribution in [3.63, 3.8) is 0 Å². The van der Waals surface area contributed by atoms with Crippen molar-refractivity contribution in [1.82, 2.24) is 9.80 Å². The molecule has 1 aromatic carbocycles. The van der Waals surface area contributed by atoms with Crippen LogP contribution < -0.4 is 10.1 Å². The van der Waals surface area contributed by atoms with Crippen LogP contribution in [-0.2, 0) is 9.59 Å². The zero-order chi connectivity index (χ0) is 15.1. The van der Waals surface area contributed by atoms with Crippen LogP contribution >= 0.6 is 0 Å². The molecule has 114 valence electrons. The molecule has 0 bridgehead atoms. The SMILES string of the molecule is CCOc1ccccc1NCC(=O)N1CCN(C=O)CC1. The van der Waals surface area contributed by atoms with Crippen LogP contribution in [0.3, 0.4) is 0 Å². The molecule has 0 spiro atoms. The third-order valence-corrected chi connectivity index (χ3v) is 3.43. The van der Waals surface area contributed by atoms with Gasteiger partial charge in [0.1, 0.15) is 5.75 Å². The molecule has 1 N–H and O–H groups in total. The van der Waals surface area contributed by atoms with Crippen molar-refractivity contribution in [2.45, 2.75) is 6.92 Å². The lowest BCUT2D eigenvalue weighted by molar-refractivity contribution is -0.133. The second-order valence-corrected chi connectivity index (χ2v) is 4.80. The summed E-state index contributed by atoms with van der Waals surface area (Å²) >= 11 is 0. The maximum absolute atomic E-state index is 12.2. The number of anilines is 1. The van der Waals surface area contributed by atoms with Gasteiger partial charge in [0, 0.05) is 26.2 Å². The van der Waals surface area contributed by atoms with Gasteiger partial charge in [-0.3, -0.25) is 9.59 Å². The van der Waals surface area contributed by atoms with Crippen LogP contribution in [0.25, 0.3) is 0 Å². The zero-order valence-electron chi connectivity index (χ0n) is 12.2. The topological polar surface area (TPSA) is 61.9 Å². The molecule has 1 aromatic rings. The molecule has 0 atom stereocenters. The van der Waals surface area contributed by atoms with Gasteiger partial charge in [-0.15, -0.1) is 0 Å². The zero-order valence-corrected chi connectivity index (χ0v) is 12.2. The second-order valence-electron chi connectivity index (χ2n) is 4.80. The predicted octanol–water partition coefficient (Wildman–Crippen LogP) is 0.798. The predicted molar refractivity (Wildman–Crippen MR) is 80.3 cm³/mol. The number of carbonyl (C=O) groups is 2. The first-order valence-corrected chi connectivity index (χ1v) is 7.17. The van der Waals surface area contributed by atoms with Gasteiger partial charge in [-0.2, -0.15) is 0 Å². The Labute approximate surface area is 124 Å². The van der Waals surface area contributed by atoms with Crippen molar-refractivity contribution in [3.8, 4) is 5.75 Å². The van der Waals surface area contributed by atoms with Crippen molar-refractivity contribution in [2.75, 3.05) is 44.6 Å². The Morgan fingerprint density at radius 2 is 2.00 bits per heavy atom. The highest BCUT2D eigenvalue weighted by Gasteiger charge is 2.19. The third-order valence-electron chi connectivity index (χ3n) is 3.43. The molecule has 0 aromatic heterocycles. The number of nitrogens with zero attached hydrogens (tertiary/aromatic N) is 2. The Bertz CT molecular complexity index is 485. The van der Waals surface area contributed by atoms with Crippen molar-refractivity contribution >= 4 is 18.0 Å². The Kier molecular flexibility index (Phi) is 5.43. The standard InChI is InChI=1S/C15H21N3O3/c1-2-21-14-6-4-3-5-13(14)16-11-15(20)18-9-7-17(12-19)8-10-18/h3-6,12,16H,2,7-11H2,1H3. The minimum absolute atomic E-state index is 0.0341. The minimum atomic E-state index is 0.0341. The molecular weight excluding hydrogens is 270 g/mol. The first-order chi connectivity index (χ1) is 10.2. The summed E-state index contributed by atoms with van der Waals surface area (Å²) in [6.45, 7) is 5.12. The molecule has 1 heterocycles. The average Bonchev–Trinajstić information content (AvgIpc) is 2.54. The number of para-hydroxylation sites is 2. The maximum atomic E-state index is 12.2. The molecule has 0 saturated carbocycles. The lowest BCUT2D eigenvalue weighted by Crippen LogP contribution is -2.49. The maximum Gasteiger partial charge on any atom is 0.241 e. The van der Waals surface area contributed by atoms with Crippen LogP contribution in [0, 0.1) is 0 Å². The number of piperazine rings is 1. The van der Waals surface area contributed by atoms with Crippen LogP contribution in [0.4, 0.5) is 5.69 Å². The Balaban J connectivity index is 1.85. The van der Waals surface area contributed by atoms with Gasteiger partial charge in [0.15, 0.2) is 0 Å². The highest BCUT2D eigenvalue weighted by atomic mass is 16.5. The van der Waals surface area contributed by atoms with E-state index in [4.69, 9.17) is 4.74 Å². The van der Waals surface area contributed by atoms with Gasteiger partial charge in [-0.05, 0) is 19.1 Å². The van der Waals surface area contributed by atoms with Crippen molar-refractivity contribution in [1.29, 1.82) is 0 Å². The number of rotatable bonds is 6. The Hall–Kier alpha value is -2.24. The summed E-state index contributed by atoms with van der Waals surface area (Å²) < 4.78 is 5.51. The molecule has 6 nitrogen and oxygen atoms in total.